The third kappa shape index (κ3) is 13.7. The summed E-state index contributed by atoms with van der Waals surface area (Å²) in [5.41, 5.74) is 11.2. The number of carbonyl (C=O) groups excluding carboxylic acids is 4. The van der Waals surface area contributed by atoms with Gasteiger partial charge >= 0.3 is 18.1 Å². The molecule has 5 aromatic rings. The molecule has 6 aliphatic carbocycles. The van der Waals surface area contributed by atoms with Gasteiger partial charge < -0.3 is 40.0 Å². The molecule has 9 fully saturated rings. The first-order valence-corrected chi connectivity index (χ1v) is 37.6. The number of nitrogens with zero attached hydrogens (tertiary/aromatic N) is 9. The number of para-hydroxylation sites is 2. The van der Waals surface area contributed by atoms with Gasteiger partial charge in [0.15, 0.2) is 0 Å². The summed E-state index contributed by atoms with van der Waals surface area (Å²) in [6.07, 6.45) is 24.5. The highest BCUT2D eigenvalue weighted by molar-refractivity contribution is 6.05. The fourth-order valence-electron chi connectivity index (χ4n) is 19.6. The quantitative estimate of drug-likeness (QED) is 0.0713. The zero-order chi connectivity index (χ0) is 71.5. The number of anilines is 2. The van der Waals surface area contributed by atoms with Gasteiger partial charge in [0.05, 0.1) is 69.0 Å². The molecule has 3 saturated heterocycles. The van der Waals surface area contributed by atoms with E-state index in [0.29, 0.717) is 43.0 Å². The molecule has 9 aliphatic rings. The van der Waals surface area contributed by atoms with Crippen molar-refractivity contribution in [2.24, 2.45) is 5.73 Å². The van der Waals surface area contributed by atoms with Crippen LogP contribution in [0.3, 0.4) is 0 Å². The maximum absolute atomic E-state index is 14.1. The molecule has 7 amide bonds. The number of carbonyl (C=O) groups is 4. The normalized spacial score (nSPS) is 28.5. The van der Waals surface area contributed by atoms with Gasteiger partial charge in [0, 0.05) is 64.1 Å². The lowest BCUT2D eigenvalue weighted by Crippen LogP contribution is -2.56. The number of methoxy groups -OCH3 is 3. The summed E-state index contributed by atoms with van der Waals surface area (Å²) in [5, 5.41) is 12.9. The summed E-state index contributed by atoms with van der Waals surface area (Å²) >= 11 is 0. The van der Waals surface area contributed by atoms with E-state index in [9.17, 15) is 24.4 Å². The fourth-order valence-corrected chi connectivity index (χ4v) is 19.6. The van der Waals surface area contributed by atoms with Crippen LogP contribution in [0, 0.1) is 11.3 Å². The Morgan fingerprint density at radius 2 is 0.772 bits per heavy atom. The summed E-state index contributed by atoms with van der Waals surface area (Å²) in [6, 6.07) is 49.5. The number of ether oxygens (including phenoxy) is 3. The molecule has 18 heteroatoms. The number of hydrogen-bond acceptors (Lipinski definition) is 11. The highest BCUT2D eigenvalue weighted by Crippen LogP contribution is 2.54. The lowest BCUT2D eigenvalue weighted by molar-refractivity contribution is -0.0846. The Kier molecular flexibility index (Phi) is 21.6. The maximum atomic E-state index is 14.1. The molecule has 18 nitrogen and oxygen atoms in total. The Hall–Kier alpha value is -7.37. The summed E-state index contributed by atoms with van der Waals surface area (Å²) in [4.78, 5) is 70.2. The minimum atomic E-state index is -0.511. The van der Waals surface area contributed by atoms with Gasteiger partial charge in [-0.3, -0.25) is 29.3 Å². The van der Waals surface area contributed by atoms with Crippen molar-refractivity contribution in [2.45, 2.75) is 204 Å². The Bertz CT molecular complexity index is 3690. The van der Waals surface area contributed by atoms with E-state index in [4.69, 9.17) is 19.9 Å². The van der Waals surface area contributed by atoms with Crippen molar-refractivity contribution in [3.8, 4) is 6.07 Å². The first kappa shape index (κ1) is 73.4. The van der Waals surface area contributed by atoms with Crippen molar-refractivity contribution in [1.29, 1.82) is 5.26 Å². The molecule has 5 aromatic carbocycles. The van der Waals surface area contributed by atoms with Gasteiger partial charge in [0.1, 0.15) is 6.07 Å². The number of nitriles is 1. The molecular weight excluding hydrogens is 1260 g/mol. The zero-order valence-electron chi connectivity index (χ0n) is 62.0. The van der Waals surface area contributed by atoms with Crippen molar-refractivity contribution < 1.29 is 33.4 Å². The number of benzene rings is 5. The van der Waals surface area contributed by atoms with E-state index in [1.54, 1.807) is 30.2 Å². The second-order valence-corrected chi connectivity index (χ2v) is 31.9. The van der Waals surface area contributed by atoms with E-state index >= 15 is 0 Å². The van der Waals surface area contributed by atoms with E-state index in [1.807, 2.05) is 49.5 Å². The largest absolute Gasteiger partial charge is 0.378 e. The van der Waals surface area contributed by atoms with Gasteiger partial charge in [-0.05, 0) is 237 Å². The van der Waals surface area contributed by atoms with Crippen molar-refractivity contribution in [3.63, 3.8) is 0 Å². The van der Waals surface area contributed by atoms with Crippen LogP contribution < -0.4 is 20.9 Å². The molecule has 0 bridgehead atoms. The lowest BCUT2D eigenvalue weighted by atomic mass is 9.68. The van der Waals surface area contributed by atoms with Gasteiger partial charge in [0.25, 0.3) is 5.91 Å². The van der Waals surface area contributed by atoms with Crippen LogP contribution in [-0.2, 0) is 30.8 Å². The SMILES string of the molecule is COC1(CCN2C(=O)N(c3ccccc3C#N)CC23CCC(c2ccccc2)(N(C)C)CC3)CCC1.COC1(CCN2C(=O)N(c3ccccc3C(N)=O)CC23CCC(c2ccccc2)(N(C)C)CC3)CCC1.COC1(CCN2C(=O)NCC23CCC(c2ccccc2)(N(C)C)CC3)CCC1. The third-order valence-electron chi connectivity index (χ3n) is 27.1. The number of hydrogen-bond donors (Lipinski definition) is 2. The molecule has 3 aliphatic heterocycles. The lowest BCUT2D eigenvalue weighted by Gasteiger charge is -2.51. The molecule has 0 atom stereocenters. The van der Waals surface area contributed by atoms with Crippen molar-refractivity contribution in [2.75, 3.05) is 113 Å². The topological polar surface area (TPSA) is 184 Å². The predicted octanol–water partition coefficient (Wildman–Crippen LogP) is 14.0. The van der Waals surface area contributed by atoms with Gasteiger partial charge in [-0.15, -0.1) is 0 Å². The maximum Gasteiger partial charge on any atom is 0.325 e. The standard InChI is InChI=1S/C30H40N4O3.C30H38N4O2.C23H35N3O2/c1-32(2)30(23-10-5-4-6-11-23)18-16-28(17-19-30)22-33(25-13-8-7-12-24(25)26(31)35)27(36)34(28)21-20-29(37-3)14-9-15-29;1-32(2)30(25-11-5-4-6-12-25)18-16-28(17-19-30)23-33(26-13-8-7-10-24(26)22-31)27(35)34(28)21-20-29(36-3)14-9-15-29;1-25(2)23(19-8-5-4-6-9-19)14-12-21(13-15-23)18-24-20(27)26(21)17-16-22(28-3)10-7-11-22/h4-8,10-13H,9,14-22H2,1-3H3,(H2,31,35);4-8,10-13H,9,14-21,23H2,1-3H3;4-6,8-9H,7,10-18H2,1-3H3,(H,24,27). The molecule has 3 N–H and O–H groups in total. The van der Waals surface area contributed by atoms with Crippen molar-refractivity contribution in [1.82, 2.24) is 34.7 Å². The van der Waals surface area contributed by atoms with Crippen LogP contribution >= 0.6 is 0 Å². The summed E-state index contributed by atoms with van der Waals surface area (Å²) in [5.74, 6) is -0.511. The number of nitrogens with two attached hydrogens (primary N) is 1. The van der Waals surface area contributed by atoms with Gasteiger partial charge in [0.2, 0.25) is 0 Å². The monoisotopic (exact) mass is 1380 g/mol. The van der Waals surface area contributed by atoms with Gasteiger partial charge in [-0.2, -0.15) is 5.26 Å². The Labute approximate surface area is 601 Å². The molecule has 0 aromatic heterocycles. The first-order chi connectivity index (χ1) is 48.6. The number of amides is 7. The van der Waals surface area contributed by atoms with Crippen LogP contribution in [0.1, 0.15) is 187 Å². The molecule has 3 spiro atoms. The summed E-state index contributed by atoms with van der Waals surface area (Å²) in [6.45, 7) is 4.13. The van der Waals surface area contributed by atoms with E-state index in [-0.39, 0.29) is 68.1 Å². The highest BCUT2D eigenvalue weighted by Gasteiger charge is 2.59. The minimum absolute atomic E-state index is 0.0101. The van der Waals surface area contributed by atoms with E-state index in [1.165, 1.54) is 36.0 Å². The minimum Gasteiger partial charge on any atom is -0.378 e. The van der Waals surface area contributed by atoms with Crippen LogP contribution in [0.4, 0.5) is 25.8 Å². The molecule has 3 heterocycles. The smallest absolute Gasteiger partial charge is 0.325 e. The number of primary amides is 1. The van der Waals surface area contributed by atoms with Gasteiger partial charge in [-0.25, -0.2) is 14.4 Å². The van der Waals surface area contributed by atoms with Crippen molar-refractivity contribution >= 4 is 35.4 Å². The van der Waals surface area contributed by atoms with Crippen LogP contribution in [0.15, 0.2) is 140 Å². The fraction of sp³-hybridized carbons (Fsp3) is 0.578. The molecule has 101 heavy (non-hydrogen) atoms. The Balaban J connectivity index is 0.000000145. The van der Waals surface area contributed by atoms with E-state index in [2.05, 4.69) is 174 Å². The molecule has 0 radical (unpaired) electrons. The van der Waals surface area contributed by atoms with Crippen molar-refractivity contribution in [3.05, 3.63) is 167 Å². The third-order valence-corrected chi connectivity index (χ3v) is 27.1. The van der Waals surface area contributed by atoms with Crippen LogP contribution in [0.2, 0.25) is 0 Å². The predicted molar refractivity (Wildman–Crippen MR) is 399 cm³/mol. The highest BCUT2D eigenvalue weighted by atomic mass is 16.5. The van der Waals surface area contributed by atoms with E-state index < -0.39 is 5.91 Å². The second-order valence-electron chi connectivity index (χ2n) is 31.9. The van der Waals surface area contributed by atoms with E-state index in [0.717, 1.165) is 154 Å². The zero-order valence-corrected chi connectivity index (χ0v) is 62.0. The van der Waals surface area contributed by atoms with Gasteiger partial charge in [-0.1, -0.05) is 115 Å². The Morgan fingerprint density at radius 1 is 0.446 bits per heavy atom. The average Bonchev–Trinajstić information content (AvgIpc) is 1.52. The molecule has 0 unspecified atom stereocenters. The van der Waals surface area contributed by atoms with Crippen LogP contribution in [-0.4, -0.2) is 190 Å². The second kappa shape index (κ2) is 29.8. The molecule has 14 rings (SSSR count). The summed E-state index contributed by atoms with van der Waals surface area (Å²) < 4.78 is 17.6. The first-order valence-electron chi connectivity index (χ1n) is 37.6. The average molecular weight is 1380 g/mol. The number of urea groups is 3. The van der Waals surface area contributed by atoms with Crippen LogP contribution in [0.25, 0.3) is 0 Å². The Morgan fingerprint density at radius 3 is 1.11 bits per heavy atom. The molecule has 6 saturated carbocycles. The molecule has 542 valence electrons. The van der Waals surface area contributed by atoms with Crippen LogP contribution in [0.5, 0.6) is 0 Å². The summed E-state index contributed by atoms with van der Waals surface area (Å²) in [7, 11) is 18.5. The molecular formula is C83H113N11O7. The number of nitrogens with one attached hydrogen (secondary N) is 1. The number of rotatable bonds is 21.